The van der Waals surface area contributed by atoms with Crippen molar-refractivity contribution in [1.29, 1.82) is 0 Å². The molecule has 0 spiro atoms. The summed E-state index contributed by atoms with van der Waals surface area (Å²) in [4.78, 5) is 38.0. The number of fused-ring (bicyclic) bond motifs is 3. The molecule has 5 rings (SSSR count). The number of hydrogen-bond donors (Lipinski definition) is 6. The Balaban J connectivity index is 1.74. The third kappa shape index (κ3) is 3.46. The van der Waals surface area contributed by atoms with E-state index in [-0.39, 0.29) is 36.1 Å². The minimum absolute atomic E-state index is 0.0523. The van der Waals surface area contributed by atoms with Crippen LogP contribution in [-0.2, 0) is 20.8 Å². The summed E-state index contributed by atoms with van der Waals surface area (Å²) in [7, 11) is 0. The minimum atomic E-state index is -2.58. The first kappa shape index (κ1) is 25.3. The molecule has 9 heteroatoms. The van der Waals surface area contributed by atoms with Crippen molar-refractivity contribution in [1.82, 2.24) is 5.32 Å². The third-order valence-electron chi connectivity index (χ3n) is 7.98. The highest BCUT2D eigenvalue weighted by Gasteiger charge is 2.60. The number of hydrogen-bond acceptors (Lipinski definition) is 8. The number of amides is 1. The minimum Gasteiger partial charge on any atom is -0.508 e. The van der Waals surface area contributed by atoms with Gasteiger partial charge in [0.15, 0.2) is 11.4 Å². The van der Waals surface area contributed by atoms with Crippen molar-refractivity contribution in [2.75, 3.05) is 6.54 Å². The fourth-order valence-electron chi connectivity index (χ4n) is 6.13. The highest BCUT2D eigenvalue weighted by Crippen LogP contribution is 2.51. The van der Waals surface area contributed by atoms with Gasteiger partial charge in [-0.15, -0.1) is 0 Å². The smallest absolute Gasteiger partial charge is 0.255 e. The molecular formula is C29H28N2O7. The van der Waals surface area contributed by atoms with Crippen molar-refractivity contribution in [3.8, 4) is 5.75 Å². The van der Waals surface area contributed by atoms with Gasteiger partial charge in [-0.25, -0.2) is 0 Å². The molecule has 3 atom stereocenters. The topological polar surface area (TPSA) is 170 Å². The Morgan fingerprint density at radius 2 is 1.95 bits per heavy atom. The van der Waals surface area contributed by atoms with Crippen LogP contribution in [0.25, 0.3) is 17.4 Å². The molecule has 4 aliphatic rings. The quantitative estimate of drug-likeness (QED) is 0.311. The summed E-state index contributed by atoms with van der Waals surface area (Å²) in [5, 5.41) is 49.2. The van der Waals surface area contributed by atoms with Gasteiger partial charge in [0.05, 0.1) is 5.56 Å². The van der Waals surface area contributed by atoms with Crippen LogP contribution < -0.4 is 21.5 Å². The Morgan fingerprint density at radius 1 is 1.21 bits per heavy atom. The lowest BCUT2D eigenvalue weighted by atomic mass is 9.59. The molecule has 196 valence electrons. The molecular weight excluding hydrogens is 488 g/mol. The number of primary amides is 1. The number of phenols is 1. The normalized spacial score (nSPS) is 29.6. The number of Topliss-reactive ketones (excluding diaryl/α,β-unsaturated/α-hetero) is 2. The van der Waals surface area contributed by atoms with E-state index >= 15 is 0 Å². The summed E-state index contributed by atoms with van der Waals surface area (Å²) in [5.74, 6) is -6.46. The number of aliphatic hydroxyl groups is 3. The van der Waals surface area contributed by atoms with Crippen LogP contribution in [0.3, 0.4) is 0 Å². The van der Waals surface area contributed by atoms with Gasteiger partial charge in [-0.3, -0.25) is 14.4 Å². The van der Waals surface area contributed by atoms with Crippen LogP contribution in [0.1, 0.15) is 30.9 Å². The number of aromatic hydroxyl groups is 1. The summed E-state index contributed by atoms with van der Waals surface area (Å²) < 4.78 is 0. The molecule has 1 amide bonds. The maximum Gasteiger partial charge on any atom is 0.255 e. The Morgan fingerprint density at radius 3 is 2.55 bits per heavy atom. The Hall–Kier alpha value is -4.37. The lowest BCUT2D eigenvalue weighted by Gasteiger charge is -2.46. The largest absolute Gasteiger partial charge is 0.508 e. The van der Waals surface area contributed by atoms with E-state index in [1.807, 2.05) is 31.2 Å². The number of benzene rings is 1. The first-order valence-electron chi connectivity index (χ1n) is 12.3. The van der Waals surface area contributed by atoms with Crippen LogP contribution in [0.5, 0.6) is 5.75 Å². The number of carbonyl (C=O) groups excluding carboxylic acids is 3. The van der Waals surface area contributed by atoms with Crippen molar-refractivity contribution in [2.45, 2.75) is 31.8 Å². The summed E-state index contributed by atoms with van der Waals surface area (Å²) in [6, 6.07) is 1.86. The predicted octanol–water partition coefficient (Wildman–Crippen LogP) is 0.604. The summed E-state index contributed by atoms with van der Waals surface area (Å²) >= 11 is 0. The fraction of sp³-hybridized carbons (Fsp3) is 0.276. The molecule has 3 aliphatic carbocycles. The maximum atomic E-state index is 13.7. The number of carbonyl (C=O) groups is 3. The fourth-order valence-corrected chi connectivity index (χ4v) is 6.13. The number of rotatable bonds is 2. The van der Waals surface area contributed by atoms with Gasteiger partial charge >= 0.3 is 0 Å². The van der Waals surface area contributed by atoms with Crippen LogP contribution in [0.2, 0.25) is 0 Å². The van der Waals surface area contributed by atoms with Crippen molar-refractivity contribution in [3.05, 3.63) is 81.1 Å². The molecule has 1 aromatic rings. The van der Waals surface area contributed by atoms with E-state index in [0.717, 1.165) is 16.5 Å². The summed E-state index contributed by atoms with van der Waals surface area (Å²) in [5.41, 5.74) is 4.18. The number of phenolic OH excluding ortho intramolecular Hbond substituents is 1. The Labute approximate surface area is 218 Å². The van der Waals surface area contributed by atoms with E-state index in [1.165, 1.54) is 6.08 Å². The van der Waals surface area contributed by atoms with Gasteiger partial charge in [0.25, 0.3) is 5.91 Å². The standard InChI is InChI=1S/C29H28N2O7/c1-3-5-18-19(13-6-7-17(4-2)31-12-13)10-15-8-14-9-16-11-20(32)23(28(30)37)27(36)29(16,38)26(35)22(14)25(34)21(15)24(18)33/h3-7,10,14,16,31,33-34,36,38H,1,8-9,11-12H2,2H3,(H2,30,37)/b17-4+,18-5+,19-13+/t14-,16?,29-/m0/s1. The van der Waals surface area contributed by atoms with E-state index < -0.39 is 52.0 Å². The average Bonchev–Trinajstić information content (AvgIpc) is 2.87. The summed E-state index contributed by atoms with van der Waals surface area (Å²) in [6.45, 7) is 6.15. The molecule has 0 bridgehead atoms. The third-order valence-corrected chi connectivity index (χ3v) is 7.98. The van der Waals surface area contributed by atoms with Gasteiger partial charge in [-0.2, -0.15) is 0 Å². The molecule has 1 fully saturated rings. The van der Waals surface area contributed by atoms with Crippen molar-refractivity contribution >= 4 is 34.9 Å². The predicted molar refractivity (Wildman–Crippen MR) is 140 cm³/mol. The number of allylic oxidation sites excluding steroid dienone is 3. The van der Waals surface area contributed by atoms with Crippen LogP contribution in [0, 0.1) is 11.8 Å². The SMILES string of the molecule is C=C/C=c1/c(O)c2c(c/c1=C1C=C/C(=C\C)NC/1)C[C@H]1CC3CC(=O)C(C(N)=O)=C(O)[C@@]3(O)C(=O)C1=C2O. The Bertz CT molecular complexity index is 1590. The van der Waals surface area contributed by atoms with Crippen molar-refractivity contribution in [2.24, 2.45) is 17.6 Å². The lowest BCUT2D eigenvalue weighted by Crippen LogP contribution is -2.58. The monoisotopic (exact) mass is 516 g/mol. The van der Waals surface area contributed by atoms with E-state index in [1.54, 1.807) is 6.08 Å². The summed E-state index contributed by atoms with van der Waals surface area (Å²) in [6.07, 6.45) is 8.89. The molecule has 1 saturated carbocycles. The van der Waals surface area contributed by atoms with E-state index in [4.69, 9.17) is 5.73 Å². The van der Waals surface area contributed by atoms with Crippen molar-refractivity contribution < 1.29 is 34.8 Å². The Kier molecular flexibility index (Phi) is 5.91. The van der Waals surface area contributed by atoms with Crippen LogP contribution >= 0.6 is 0 Å². The maximum absolute atomic E-state index is 13.7. The highest BCUT2D eigenvalue weighted by atomic mass is 16.3. The van der Waals surface area contributed by atoms with Crippen LogP contribution in [0.4, 0.5) is 0 Å². The van der Waals surface area contributed by atoms with Gasteiger partial charge < -0.3 is 31.5 Å². The molecule has 1 aromatic carbocycles. The lowest BCUT2D eigenvalue weighted by molar-refractivity contribution is -0.147. The van der Waals surface area contributed by atoms with Gasteiger partial charge in [0, 0.05) is 35.4 Å². The number of nitrogens with one attached hydrogen (secondary N) is 1. The zero-order chi connectivity index (χ0) is 27.5. The number of aliphatic hydroxyl groups excluding tert-OH is 2. The highest BCUT2D eigenvalue weighted by molar-refractivity contribution is 6.22. The van der Waals surface area contributed by atoms with E-state index in [2.05, 4.69) is 11.9 Å². The van der Waals surface area contributed by atoms with Gasteiger partial charge in [0.2, 0.25) is 5.78 Å². The molecule has 0 radical (unpaired) electrons. The molecule has 1 heterocycles. The molecule has 38 heavy (non-hydrogen) atoms. The zero-order valence-corrected chi connectivity index (χ0v) is 20.7. The molecule has 7 N–H and O–H groups in total. The van der Waals surface area contributed by atoms with Crippen LogP contribution in [-0.4, -0.2) is 50.0 Å². The van der Waals surface area contributed by atoms with Gasteiger partial charge in [-0.1, -0.05) is 30.9 Å². The van der Waals surface area contributed by atoms with Crippen molar-refractivity contribution in [3.63, 3.8) is 0 Å². The average molecular weight is 517 g/mol. The number of nitrogens with two attached hydrogens (primary N) is 1. The molecule has 1 aliphatic heterocycles. The van der Waals surface area contributed by atoms with E-state index in [9.17, 15) is 34.8 Å². The first-order chi connectivity index (χ1) is 18.0. The zero-order valence-electron chi connectivity index (χ0n) is 20.7. The second kappa shape index (κ2) is 8.88. The molecule has 1 unspecified atom stereocenters. The van der Waals surface area contributed by atoms with Gasteiger partial charge in [0.1, 0.15) is 22.8 Å². The molecule has 0 aromatic heterocycles. The van der Waals surface area contributed by atoms with Gasteiger partial charge in [-0.05, 0) is 54.2 Å². The number of ketones is 2. The first-order valence-corrected chi connectivity index (χ1v) is 12.3. The second-order valence-electron chi connectivity index (χ2n) is 9.99. The molecule has 0 saturated heterocycles. The second-order valence-corrected chi connectivity index (χ2v) is 9.99. The van der Waals surface area contributed by atoms with Crippen LogP contribution in [0.15, 0.2) is 59.6 Å². The molecule has 9 nitrogen and oxygen atoms in total. The van der Waals surface area contributed by atoms with E-state index in [0.29, 0.717) is 17.3 Å².